The number of carbonyl (C=O) groups excluding carboxylic acids is 4. The Morgan fingerprint density at radius 1 is 0.274 bits per heavy atom. The molecule has 0 heterocycles. The molecule has 0 aromatic heterocycles. The van der Waals surface area contributed by atoms with Crippen LogP contribution in [-0.2, 0) is 65.4 Å². The van der Waals surface area contributed by atoms with Crippen molar-refractivity contribution in [2.75, 3.05) is 39.6 Å². The quantitative estimate of drug-likeness (QED) is 0.0169. The second kappa shape index (κ2) is 78.1. The fraction of sp³-hybridized carbons (Fsp3) is 0.678. The van der Waals surface area contributed by atoms with Crippen molar-refractivity contribution in [1.29, 1.82) is 0 Å². The summed E-state index contributed by atoms with van der Waals surface area (Å²) in [5.74, 6) is -2.26. The highest BCUT2D eigenvalue weighted by molar-refractivity contribution is 7.47. The Balaban J connectivity index is 5.45. The molecule has 0 aliphatic heterocycles. The van der Waals surface area contributed by atoms with E-state index in [4.69, 9.17) is 37.0 Å². The Morgan fingerprint density at radius 2 is 0.491 bits per heavy atom. The number of hydrogen-bond donors (Lipinski definition) is 3. The lowest BCUT2D eigenvalue weighted by Gasteiger charge is -2.21. The third kappa shape index (κ3) is 77.1. The minimum Gasteiger partial charge on any atom is -0.462 e. The van der Waals surface area contributed by atoms with Crippen molar-refractivity contribution in [2.24, 2.45) is 0 Å². The van der Waals surface area contributed by atoms with Crippen molar-refractivity contribution in [2.45, 2.75) is 341 Å². The predicted molar refractivity (Wildman–Crippen MR) is 436 cm³/mol. The summed E-state index contributed by atoms with van der Waals surface area (Å²) < 4.78 is 68.6. The van der Waals surface area contributed by atoms with Crippen LogP contribution in [0.15, 0.2) is 146 Å². The van der Waals surface area contributed by atoms with E-state index in [9.17, 15) is 43.2 Å². The van der Waals surface area contributed by atoms with E-state index in [1.165, 1.54) is 70.6 Å². The number of carbonyl (C=O) groups is 4. The molecular weight excluding hydrogens is 1380 g/mol. The maximum Gasteiger partial charge on any atom is 0.472 e. The monoisotopic (exact) mass is 1530 g/mol. The summed E-state index contributed by atoms with van der Waals surface area (Å²) in [4.78, 5) is 73.1. The van der Waals surface area contributed by atoms with E-state index >= 15 is 0 Å². The molecular formula is C87H146O17P2. The second-order valence-corrected chi connectivity index (χ2v) is 29.9. The summed E-state index contributed by atoms with van der Waals surface area (Å²) in [5.41, 5.74) is 0. The van der Waals surface area contributed by atoms with Gasteiger partial charge in [-0.15, -0.1) is 0 Å². The van der Waals surface area contributed by atoms with Crippen LogP contribution in [0.4, 0.5) is 0 Å². The van der Waals surface area contributed by atoms with Gasteiger partial charge in [0, 0.05) is 25.7 Å². The number of ether oxygens (including phenoxy) is 4. The molecule has 0 saturated carbocycles. The van der Waals surface area contributed by atoms with Crippen molar-refractivity contribution in [3.05, 3.63) is 146 Å². The number of esters is 4. The number of allylic oxidation sites excluding steroid dienone is 24. The van der Waals surface area contributed by atoms with E-state index in [1.807, 2.05) is 0 Å². The van der Waals surface area contributed by atoms with Crippen LogP contribution in [-0.4, -0.2) is 96.7 Å². The van der Waals surface area contributed by atoms with Gasteiger partial charge in [0.25, 0.3) is 0 Å². The lowest BCUT2D eigenvalue weighted by atomic mass is 10.0. The average molecular weight is 1530 g/mol. The molecule has 0 fully saturated rings. The Morgan fingerprint density at radius 3 is 0.783 bits per heavy atom. The average Bonchev–Trinajstić information content (AvgIpc) is 0.903. The summed E-state index contributed by atoms with van der Waals surface area (Å²) in [6, 6.07) is 0. The molecule has 106 heavy (non-hydrogen) atoms. The first-order valence-corrected chi connectivity index (χ1v) is 44.1. The van der Waals surface area contributed by atoms with Gasteiger partial charge < -0.3 is 33.8 Å². The molecule has 0 rings (SSSR count). The Kier molecular flexibility index (Phi) is 74.3. The molecule has 0 aromatic rings. The molecule has 0 radical (unpaired) electrons. The van der Waals surface area contributed by atoms with Gasteiger partial charge >= 0.3 is 39.5 Å². The molecule has 5 atom stereocenters. The summed E-state index contributed by atoms with van der Waals surface area (Å²) >= 11 is 0. The first-order valence-electron chi connectivity index (χ1n) is 41.1. The van der Waals surface area contributed by atoms with Crippen LogP contribution in [0.2, 0.25) is 0 Å². The van der Waals surface area contributed by atoms with Crippen LogP contribution < -0.4 is 0 Å². The van der Waals surface area contributed by atoms with Gasteiger partial charge in [-0.3, -0.25) is 37.3 Å². The van der Waals surface area contributed by atoms with E-state index in [-0.39, 0.29) is 25.7 Å². The molecule has 0 bridgehead atoms. The van der Waals surface area contributed by atoms with Gasteiger partial charge in [0.1, 0.15) is 19.3 Å². The zero-order chi connectivity index (χ0) is 77.4. The van der Waals surface area contributed by atoms with Crippen molar-refractivity contribution in [1.82, 2.24) is 0 Å². The van der Waals surface area contributed by atoms with Crippen LogP contribution in [0, 0.1) is 0 Å². The van der Waals surface area contributed by atoms with Gasteiger partial charge in [0.15, 0.2) is 12.2 Å². The maximum atomic E-state index is 13.1. The number of phosphoric ester groups is 2. The van der Waals surface area contributed by atoms with E-state index in [0.29, 0.717) is 25.7 Å². The minimum absolute atomic E-state index is 0.0435. The predicted octanol–water partition coefficient (Wildman–Crippen LogP) is 24.2. The third-order valence-corrected chi connectivity index (χ3v) is 18.7. The Labute approximate surface area is 643 Å². The maximum absolute atomic E-state index is 13.1. The Hall–Kier alpha value is -5.06. The van der Waals surface area contributed by atoms with E-state index in [1.54, 1.807) is 0 Å². The summed E-state index contributed by atoms with van der Waals surface area (Å²) in [5, 5.41) is 10.7. The van der Waals surface area contributed by atoms with Crippen LogP contribution >= 0.6 is 15.6 Å². The highest BCUT2D eigenvalue weighted by Crippen LogP contribution is 2.45. The summed E-state index contributed by atoms with van der Waals surface area (Å²) in [6.45, 7) is 4.55. The van der Waals surface area contributed by atoms with E-state index in [0.717, 1.165) is 173 Å². The lowest BCUT2D eigenvalue weighted by Crippen LogP contribution is -2.30. The standard InChI is InChI=1S/C87H146O17P2/c1-5-9-13-17-21-25-29-33-36-38-40-42-45-49-52-56-60-64-68-72-85(90)98-78-83(104-87(92)74-70-66-62-58-54-50-46-43-41-39-37-34-30-26-22-18-14-10-6-2)80-102-106(95,96)100-76-81(88)75-99-105(93,94)101-79-82(103-86(91)73-69-65-61-57-53-47-32-28-24-20-16-12-8-4)77-97-84(89)71-67-63-59-55-51-48-44-35-31-27-23-19-15-11-7-3/h9-10,13-14,21-23,25-27,33-37,40-44,49-50,52,54,81-83,88H,5-8,11-12,15-20,24,28-32,38-39,45-48,51,53,55-80H2,1-4H3,(H,93,94)(H,95,96)/b13-9-,14-10-,25-21-,26-22-,27-23-,36-33-,37-34-,42-40-,43-41-,44-35-,52-49-,54-50-. The van der Waals surface area contributed by atoms with E-state index < -0.39 is 97.5 Å². The number of aliphatic hydroxyl groups is 1. The van der Waals surface area contributed by atoms with Gasteiger partial charge in [0.05, 0.1) is 26.4 Å². The first-order chi connectivity index (χ1) is 51.7. The molecule has 0 aliphatic carbocycles. The molecule has 19 heteroatoms. The van der Waals surface area contributed by atoms with Gasteiger partial charge in [0.2, 0.25) is 0 Å². The number of rotatable bonds is 76. The fourth-order valence-electron chi connectivity index (χ4n) is 10.6. The van der Waals surface area contributed by atoms with Crippen LogP contribution in [0.1, 0.15) is 323 Å². The summed E-state index contributed by atoms with van der Waals surface area (Å²) in [7, 11) is -9.99. The Bertz CT molecular complexity index is 2580. The fourth-order valence-corrected chi connectivity index (χ4v) is 12.2. The van der Waals surface area contributed by atoms with Gasteiger partial charge in [-0.1, -0.05) is 296 Å². The smallest absolute Gasteiger partial charge is 0.462 e. The van der Waals surface area contributed by atoms with Crippen LogP contribution in [0.25, 0.3) is 0 Å². The molecule has 0 amide bonds. The normalized spacial score (nSPS) is 14.6. The molecule has 0 aliphatic rings. The van der Waals surface area contributed by atoms with Crippen molar-refractivity contribution in [3.8, 4) is 0 Å². The lowest BCUT2D eigenvalue weighted by molar-refractivity contribution is -0.161. The molecule has 3 N–H and O–H groups in total. The first kappa shape index (κ1) is 101. The van der Waals surface area contributed by atoms with Crippen LogP contribution in [0.5, 0.6) is 0 Å². The van der Waals surface area contributed by atoms with Gasteiger partial charge in [-0.05, 0) is 148 Å². The topological polar surface area (TPSA) is 237 Å². The molecule has 17 nitrogen and oxygen atoms in total. The largest absolute Gasteiger partial charge is 0.472 e. The SMILES string of the molecule is CC/C=C\C/C=C\C/C=C\C/C=C\C/C=C\CCCCCC(=O)OCC(COP(=O)(O)OCC(O)COP(=O)(O)OCC(COC(=O)CCCCCCC/C=C\C/C=C\CCCCC)OC(=O)CCCCCCCCCCCCCCC)OC(=O)CCCCC/C=C\C/C=C\C/C=C\C/C=C\C/C=C\CC. The number of phosphoric acid groups is 2. The number of hydrogen-bond acceptors (Lipinski definition) is 15. The number of unbranched alkanes of at least 4 members (excludes halogenated alkanes) is 26. The van der Waals surface area contributed by atoms with Crippen LogP contribution in [0.3, 0.4) is 0 Å². The zero-order valence-corrected chi connectivity index (χ0v) is 68.1. The van der Waals surface area contributed by atoms with E-state index in [2.05, 4.69) is 174 Å². The van der Waals surface area contributed by atoms with Crippen molar-refractivity contribution >= 4 is 39.5 Å². The molecule has 0 spiro atoms. The summed E-state index contributed by atoms with van der Waals surface area (Å²) in [6.07, 6.45) is 89.6. The highest BCUT2D eigenvalue weighted by atomic mass is 31.2. The second-order valence-electron chi connectivity index (χ2n) is 27.0. The number of aliphatic hydroxyl groups excluding tert-OH is 1. The van der Waals surface area contributed by atoms with Crippen molar-refractivity contribution < 1.29 is 80.2 Å². The molecule has 0 saturated heterocycles. The highest BCUT2D eigenvalue weighted by Gasteiger charge is 2.30. The molecule has 606 valence electrons. The van der Waals surface area contributed by atoms with Gasteiger partial charge in [-0.2, -0.15) is 0 Å². The molecule has 5 unspecified atom stereocenters. The zero-order valence-electron chi connectivity index (χ0n) is 66.3. The van der Waals surface area contributed by atoms with Gasteiger partial charge in [-0.25, -0.2) is 9.13 Å². The molecule has 0 aromatic carbocycles. The minimum atomic E-state index is -5.00. The third-order valence-electron chi connectivity index (χ3n) is 16.8. The van der Waals surface area contributed by atoms with Crippen molar-refractivity contribution in [3.63, 3.8) is 0 Å².